The van der Waals surface area contributed by atoms with Crippen molar-refractivity contribution in [3.05, 3.63) is 53.4 Å². The van der Waals surface area contributed by atoms with Crippen LogP contribution in [0.4, 0.5) is 14.7 Å². The zero-order chi connectivity index (χ0) is 17.1. The number of halogens is 2. The van der Waals surface area contributed by atoms with Gasteiger partial charge in [-0.25, -0.2) is 18.7 Å². The number of nitrogens with zero attached hydrogens (tertiary/aromatic N) is 4. The minimum absolute atomic E-state index is 0.344. The Balaban J connectivity index is 1.57. The molecule has 1 aromatic carbocycles. The van der Waals surface area contributed by atoms with E-state index in [-0.39, 0.29) is 5.82 Å². The van der Waals surface area contributed by atoms with Gasteiger partial charge in [0.2, 0.25) is 5.95 Å². The first-order valence-electron chi connectivity index (χ1n) is 8.20. The Hall–Kier alpha value is -2.08. The fraction of sp³-hybridized carbons (Fsp3) is 0.444. The molecule has 2 aromatic rings. The Morgan fingerprint density at radius 1 is 1.17 bits per heavy atom. The van der Waals surface area contributed by atoms with E-state index in [0.717, 1.165) is 43.5 Å². The average molecular weight is 332 g/mol. The third-order valence-corrected chi connectivity index (χ3v) is 4.59. The zero-order valence-corrected chi connectivity index (χ0v) is 14.0. The molecule has 0 atom stereocenters. The molecule has 1 aliphatic rings. The molecule has 1 saturated heterocycles. The first-order valence-corrected chi connectivity index (χ1v) is 8.20. The van der Waals surface area contributed by atoms with Crippen LogP contribution in [-0.2, 0) is 6.54 Å². The second kappa shape index (κ2) is 7.21. The Bertz CT molecular complexity index is 682. The summed E-state index contributed by atoms with van der Waals surface area (Å²) in [5.41, 5.74) is 1.46. The third-order valence-electron chi connectivity index (χ3n) is 4.59. The molecular weight excluding hydrogens is 310 g/mol. The van der Waals surface area contributed by atoms with Crippen LogP contribution in [0, 0.1) is 18.6 Å². The Morgan fingerprint density at radius 3 is 2.50 bits per heavy atom. The van der Waals surface area contributed by atoms with E-state index in [1.807, 2.05) is 26.4 Å². The molecule has 1 fully saturated rings. The second-order valence-corrected chi connectivity index (χ2v) is 6.41. The monoisotopic (exact) mass is 332 g/mol. The fourth-order valence-electron chi connectivity index (χ4n) is 3.10. The highest BCUT2D eigenvalue weighted by atomic mass is 19.1. The van der Waals surface area contributed by atoms with Crippen LogP contribution in [0.1, 0.15) is 24.0 Å². The van der Waals surface area contributed by atoms with Gasteiger partial charge in [-0.2, -0.15) is 0 Å². The summed E-state index contributed by atoms with van der Waals surface area (Å²) < 4.78 is 27.0. The second-order valence-electron chi connectivity index (χ2n) is 6.41. The molecule has 2 heterocycles. The summed E-state index contributed by atoms with van der Waals surface area (Å²) in [5, 5.41) is 0. The predicted molar refractivity (Wildman–Crippen MR) is 89.8 cm³/mol. The number of hydrogen-bond acceptors (Lipinski definition) is 4. The van der Waals surface area contributed by atoms with Crippen molar-refractivity contribution in [3.63, 3.8) is 0 Å². The smallest absolute Gasteiger partial charge is 0.225 e. The minimum Gasteiger partial charge on any atom is -0.341 e. The molecule has 1 aromatic heterocycles. The summed E-state index contributed by atoms with van der Waals surface area (Å²) in [6.07, 6.45) is 5.54. The molecule has 0 radical (unpaired) electrons. The van der Waals surface area contributed by atoms with Gasteiger partial charge in [-0.15, -0.1) is 0 Å². The summed E-state index contributed by atoms with van der Waals surface area (Å²) in [6, 6.07) is 4.00. The summed E-state index contributed by atoms with van der Waals surface area (Å²) in [7, 11) is 2.01. The maximum atomic E-state index is 13.8. The molecule has 0 spiro atoms. The van der Waals surface area contributed by atoms with Gasteiger partial charge < -0.3 is 4.90 Å². The van der Waals surface area contributed by atoms with Crippen LogP contribution in [0.25, 0.3) is 0 Å². The van der Waals surface area contributed by atoms with Gasteiger partial charge in [0.15, 0.2) is 0 Å². The van der Waals surface area contributed by atoms with Crippen LogP contribution in [0.2, 0.25) is 0 Å². The fourth-order valence-corrected chi connectivity index (χ4v) is 3.10. The highest BCUT2D eigenvalue weighted by Crippen LogP contribution is 2.21. The van der Waals surface area contributed by atoms with Crippen LogP contribution >= 0.6 is 0 Å². The normalized spacial score (nSPS) is 16.3. The Kier molecular flexibility index (Phi) is 5.04. The van der Waals surface area contributed by atoms with Gasteiger partial charge in [-0.1, -0.05) is 0 Å². The summed E-state index contributed by atoms with van der Waals surface area (Å²) in [5.74, 6) is -0.00328. The molecule has 0 aliphatic carbocycles. The first-order chi connectivity index (χ1) is 11.5. The first kappa shape index (κ1) is 16.8. The summed E-state index contributed by atoms with van der Waals surface area (Å²) in [6.45, 7) is 4.10. The van der Waals surface area contributed by atoms with Gasteiger partial charge in [-0.05, 0) is 43.5 Å². The van der Waals surface area contributed by atoms with E-state index >= 15 is 0 Å². The molecule has 1 aliphatic heterocycles. The molecular formula is C18H22F2N4. The van der Waals surface area contributed by atoms with Crippen molar-refractivity contribution >= 4 is 5.95 Å². The number of benzene rings is 1. The van der Waals surface area contributed by atoms with E-state index < -0.39 is 5.82 Å². The summed E-state index contributed by atoms with van der Waals surface area (Å²) >= 11 is 0. The number of anilines is 1. The number of likely N-dealkylation sites (tertiary alicyclic amines) is 1. The van der Waals surface area contributed by atoms with E-state index in [0.29, 0.717) is 18.2 Å². The van der Waals surface area contributed by atoms with Crippen molar-refractivity contribution in [2.45, 2.75) is 32.4 Å². The van der Waals surface area contributed by atoms with E-state index in [1.165, 1.54) is 12.1 Å². The molecule has 6 heteroatoms. The number of hydrogen-bond donors (Lipinski definition) is 0. The average Bonchev–Trinajstić information content (AvgIpc) is 2.59. The molecule has 0 unspecified atom stereocenters. The molecule has 0 amide bonds. The van der Waals surface area contributed by atoms with Gasteiger partial charge in [0.05, 0.1) is 0 Å². The minimum atomic E-state index is -0.391. The quantitative estimate of drug-likeness (QED) is 0.861. The Morgan fingerprint density at radius 2 is 1.83 bits per heavy atom. The number of aromatic nitrogens is 2. The van der Waals surface area contributed by atoms with Crippen molar-refractivity contribution < 1.29 is 8.78 Å². The predicted octanol–water partition coefficient (Wildman–Crippen LogP) is 3.16. The van der Waals surface area contributed by atoms with Crippen LogP contribution in [-0.4, -0.2) is 41.0 Å². The standard InChI is InChI=1S/C18H22F2N4/c1-13-10-21-18(22-11-13)23(2)16-5-7-24(8-6-16)12-14-9-15(19)3-4-17(14)20/h3-4,9-11,16H,5-8,12H2,1-2H3. The van der Waals surface area contributed by atoms with Crippen molar-refractivity contribution in [3.8, 4) is 0 Å². The van der Waals surface area contributed by atoms with Gasteiger partial charge in [0.25, 0.3) is 0 Å². The summed E-state index contributed by atoms with van der Waals surface area (Å²) in [4.78, 5) is 13.0. The molecule has 0 N–H and O–H groups in total. The highest BCUT2D eigenvalue weighted by molar-refractivity contribution is 5.30. The van der Waals surface area contributed by atoms with E-state index in [2.05, 4.69) is 19.8 Å². The topological polar surface area (TPSA) is 32.3 Å². The molecule has 128 valence electrons. The van der Waals surface area contributed by atoms with Crippen LogP contribution < -0.4 is 4.90 Å². The molecule has 0 bridgehead atoms. The van der Waals surface area contributed by atoms with Gasteiger partial charge in [0, 0.05) is 50.7 Å². The largest absolute Gasteiger partial charge is 0.341 e. The number of aryl methyl sites for hydroxylation is 1. The molecule has 4 nitrogen and oxygen atoms in total. The zero-order valence-electron chi connectivity index (χ0n) is 14.0. The lowest BCUT2D eigenvalue weighted by atomic mass is 10.0. The molecule has 24 heavy (non-hydrogen) atoms. The maximum absolute atomic E-state index is 13.8. The van der Waals surface area contributed by atoms with Crippen LogP contribution in [0.5, 0.6) is 0 Å². The Labute approximate surface area is 141 Å². The SMILES string of the molecule is Cc1cnc(N(C)C2CCN(Cc3cc(F)ccc3F)CC2)nc1. The van der Waals surface area contributed by atoms with Gasteiger partial charge in [-0.3, -0.25) is 4.90 Å². The van der Waals surface area contributed by atoms with Crippen molar-refractivity contribution in [1.82, 2.24) is 14.9 Å². The van der Waals surface area contributed by atoms with Gasteiger partial charge in [0.1, 0.15) is 11.6 Å². The van der Waals surface area contributed by atoms with Crippen molar-refractivity contribution in [1.29, 1.82) is 0 Å². The lowest BCUT2D eigenvalue weighted by Gasteiger charge is -2.36. The van der Waals surface area contributed by atoms with E-state index in [9.17, 15) is 8.78 Å². The van der Waals surface area contributed by atoms with E-state index in [1.54, 1.807) is 0 Å². The van der Waals surface area contributed by atoms with Crippen molar-refractivity contribution in [2.75, 3.05) is 25.0 Å². The lowest BCUT2D eigenvalue weighted by molar-refractivity contribution is 0.200. The highest BCUT2D eigenvalue weighted by Gasteiger charge is 2.24. The molecule has 3 rings (SSSR count). The third kappa shape index (κ3) is 3.87. The van der Waals surface area contributed by atoms with E-state index in [4.69, 9.17) is 0 Å². The van der Waals surface area contributed by atoms with Crippen LogP contribution in [0.3, 0.4) is 0 Å². The number of piperidine rings is 1. The van der Waals surface area contributed by atoms with Crippen molar-refractivity contribution in [2.24, 2.45) is 0 Å². The van der Waals surface area contributed by atoms with Gasteiger partial charge >= 0.3 is 0 Å². The van der Waals surface area contributed by atoms with Crippen LogP contribution in [0.15, 0.2) is 30.6 Å². The maximum Gasteiger partial charge on any atom is 0.225 e. The lowest BCUT2D eigenvalue weighted by Crippen LogP contribution is -2.43. The number of rotatable bonds is 4. The molecule has 0 saturated carbocycles.